The molecule has 0 radical (unpaired) electrons. The number of benzene rings is 4. The molecule has 5 rings (SSSR count). The molecule has 4 nitrogen and oxygen atoms in total. The maximum Gasteiger partial charge on any atom is 0.122 e. The fourth-order valence-electron chi connectivity index (χ4n) is 6.48. The molecule has 1 aliphatic carbocycles. The second kappa shape index (κ2) is 11.8. The number of phenols is 4. The summed E-state index contributed by atoms with van der Waals surface area (Å²) < 4.78 is 0. The first kappa shape index (κ1) is 34.2. The normalized spacial score (nSPS) is 13.8. The van der Waals surface area contributed by atoms with Crippen LogP contribution < -0.4 is 0 Å². The van der Waals surface area contributed by atoms with Gasteiger partial charge in [-0.2, -0.15) is 0 Å². The molecule has 4 aromatic rings. The lowest BCUT2D eigenvalue weighted by atomic mass is 9.80. The minimum Gasteiger partial charge on any atom is -0.507 e. The van der Waals surface area contributed by atoms with Crippen molar-refractivity contribution < 1.29 is 20.4 Å². The van der Waals surface area contributed by atoms with Crippen molar-refractivity contribution in [2.75, 3.05) is 0 Å². The molecule has 248 valence electrons. The molecule has 0 aromatic heterocycles. The molecule has 0 spiro atoms. The van der Waals surface area contributed by atoms with Crippen molar-refractivity contribution in [1.29, 1.82) is 0 Å². The van der Waals surface area contributed by atoms with E-state index in [9.17, 15) is 20.4 Å². The quantitative estimate of drug-likeness (QED) is 0.148. The zero-order chi connectivity index (χ0) is 34.8. The van der Waals surface area contributed by atoms with Gasteiger partial charge in [-0.25, -0.2) is 0 Å². The Kier molecular flexibility index (Phi) is 8.58. The van der Waals surface area contributed by atoms with Gasteiger partial charge in [0.05, 0.1) is 0 Å². The monoisotopic (exact) mass is 632 g/mol. The summed E-state index contributed by atoms with van der Waals surface area (Å²) >= 11 is 0. The maximum atomic E-state index is 11.9. The summed E-state index contributed by atoms with van der Waals surface area (Å²) in [6, 6.07) is 16.2. The van der Waals surface area contributed by atoms with Crippen molar-refractivity contribution in [2.24, 2.45) is 0 Å². The first-order valence-electron chi connectivity index (χ1n) is 16.7. The van der Waals surface area contributed by atoms with Crippen molar-refractivity contribution >= 4 is 5.57 Å². The lowest BCUT2D eigenvalue weighted by Gasteiger charge is -2.26. The summed E-state index contributed by atoms with van der Waals surface area (Å²) in [5.74, 6) is 0.686. The molecule has 4 aromatic carbocycles. The number of hydrogen-bond donors (Lipinski definition) is 4. The van der Waals surface area contributed by atoms with Crippen LogP contribution in [0.15, 0.2) is 55.1 Å². The van der Waals surface area contributed by atoms with Gasteiger partial charge in [0.25, 0.3) is 0 Å². The topological polar surface area (TPSA) is 80.9 Å². The molecule has 47 heavy (non-hydrogen) atoms. The molecule has 0 saturated carbocycles. The van der Waals surface area contributed by atoms with Gasteiger partial charge < -0.3 is 20.4 Å². The van der Waals surface area contributed by atoms with Gasteiger partial charge in [-0.1, -0.05) is 111 Å². The van der Waals surface area contributed by atoms with Gasteiger partial charge in [0.15, 0.2) is 0 Å². The molecule has 0 fully saturated rings. The van der Waals surface area contributed by atoms with Crippen LogP contribution in [0.1, 0.15) is 136 Å². The summed E-state index contributed by atoms with van der Waals surface area (Å²) in [5.41, 5.74) is 10.1. The minimum atomic E-state index is -0.198. The number of phenolic OH excluding ortho intramolecular Hbond substituents is 4. The lowest BCUT2D eigenvalue weighted by Crippen LogP contribution is -2.15. The third-order valence-electron chi connectivity index (χ3n) is 9.69. The summed E-state index contributed by atoms with van der Waals surface area (Å²) in [5, 5.41) is 47.3. The van der Waals surface area contributed by atoms with Crippen molar-refractivity contribution in [3.05, 3.63) is 122 Å². The molecule has 0 saturated heterocycles. The van der Waals surface area contributed by atoms with E-state index in [-0.39, 0.29) is 39.2 Å². The fraction of sp³-hybridized carbons (Fsp3) is 0.395. The van der Waals surface area contributed by atoms with Crippen LogP contribution in [-0.4, -0.2) is 20.4 Å². The standard InChI is InChI=1S/C43H52O4/c1-24(2)25-12-26-14-28-18-34(41(3,4)5)20-30(38(28)45)16-32-22-36(43(9,10)11)23-33(40(32)47)17-31-21-35(42(6,7)8)19-29(39(31)46)15-27(13-25)37(26)44/h12-13,18-23,44-47H,1,14-17H2,2-11H3. The van der Waals surface area contributed by atoms with Crippen LogP contribution in [0.5, 0.6) is 23.0 Å². The molecule has 0 aliphatic heterocycles. The van der Waals surface area contributed by atoms with E-state index in [1.165, 1.54) is 0 Å². The second-order valence-electron chi connectivity index (χ2n) is 16.8. The molecule has 4 heteroatoms. The van der Waals surface area contributed by atoms with Crippen LogP contribution in [0.4, 0.5) is 0 Å². The van der Waals surface area contributed by atoms with E-state index in [2.05, 4.69) is 81.0 Å². The summed E-state index contributed by atoms with van der Waals surface area (Å²) in [6.07, 6.45) is 1.27. The lowest BCUT2D eigenvalue weighted by molar-refractivity contribution is 0.449. The van der Waals surface area contributed by atoms with Gasteiger partial charge in [-0.15, -0.1) is 0 Å². The van der Waals surface area contributed by atoms with E-state index in [4.69, 9.17) is 0 Å². The third-order valence-corrected chi connectivity index (χ3v) is 9.69. The highest BCUT2D eigenvalue weighted by Gasteiger charge is 2.26. The predicted octanol–water partition coefficient (Wildman–Crippen LogP) is 10.1. The van der Waals surface area contributed by atoms with Crippen LogP contribution in [0.3, 0.4) is 0 Å². The Hall–Kier alpha value is -4.18. The first-order valence-corrected chi connectivity index (χ1v) is 16.7. The van der Waals surface area contributed by atoms with Crippen molar-refractivity contribution in [1.82, 2.24) is 0 Å². The average Bonchev–Trinajstić information content (AvgIpc) is 2.94. The Morgan fingerprint density at radius 2 is 0.617 bits per heavy atom. The summed E-state index contributed by atoms with van der Waals surface area (Å²) in [4.78, 5) is 0. The Labute approximate surface area is 281 Å². The second-order valence-corrected chi connectivity index (χ2v) is 16.8. The summed E-state index contributed by atoms with van der Waals surface area (Å²) in [6.45, 7) is 25.5. The Morgan fingerprint density at radius 1 is 0.426 bits per heavy atom. The molecule has 1 aliphatic rings. The molecule has 0 amide bonds. The van der Waals surface area contributed by atoms with Crippen molar-refractivity contribution in [2.45, 2.75) is 111 Å². The molecule has 4 N–H and O–H groups in total. The van der Waals surface area contributed by atoms with E-state index in [0.717, 1.165) is 50.1 Å². The van der Waals surface area contributed by atoms with Crippen LogP contribution in [0.2, 0.25) is 0 Å². The number of hydrogen-bond acceptors (Lipinski definition) is 4. The number of fused-ring (bicyclic) bond motifs is 8. The van der Waals surface area contributed by atoms with E-state index in [0.29, 0.717) is 47.9 Å². The maximum absolute atomic E-state index is 11.9. The Morgan fingerprint density at radius 3 is 0.787 bits per heavy atom. The van der Waals surface area contributed by atoms with Gasteiger partial charge in [-0.3, -0.25) is 0 Å². The van der Waals surface area contributed by atoms with Crippen molar-refractivity contribution in [3.8, 4) is 23.0 Å². The highest BCUT2D eigenvalue weighted by molar-refractivity contribution is 5.66. The zero-order valence-electron chi connectivity index (χ0n) is 29.9. The van der Waals surface area contributed by atoms with E-state index in [1.54, 1.807) is 0 Å². The van der Waals surface area contributed by atoms with Gasteiger partial charge in [-0.05, 0) is 102 Å². The average molecular weight is 633 g/mol. The van der Waals surface area contributed by atoms with Crippen LogP contribution >= 0.6 is 0 Å². The summed E-state index contributed by atoms with van der Waals surface area (Å²) in [7, 11) is 0. The van der Waals surface area contributed by atoms with Gasteiger partial charge in [0.1, 0.15) is 23.0 Å². The van der Waals surface area contributed by atoms with Gasteiger partial charge >= 0.3 is 0 Å². The fourth-order valence-corrected chi connectivity index (χ4v) is 6.48. The molecule has 0 heterocycles. The largest absolute Gasteiger partial charge is 0.507 e. The molecule has 0 unspecified atom stereocenters. The number of aromatic hydroxyl groups is 4. The highest BCUT2D eigenvalue weighted by Crippen LogP contribution is 2.42. The Bertz CT molecular complexity index is 1770. The van der Waals surface area contributed by atoms with Crippen LogP contribution in [0, 0.1) is 0 Å². The van der Waals surface area contributed by atoms with Crippen LogP contribution in [-0.2, 0) is 41.9 Å². The van der Waals surface area contributed by atoms with Crippen molar-refractivity contribution in [3.63, 3.8) is 0 Å². The Balaban J connectivity index is 1.88. The van der Waals surface area contributed by atoms with Crippen LogP contribution in [0.25, 0.3) is 5.57 Å². The molecule has 0 atom stereocenters. The zero-order valence-corrected chi connectivity index (χ0v) is 29.9. The minimum absolute atomic E-state index is 0.156. The predicted molar refractivity (Wildman–Crippen MR) is 194 cm³/mol. The smallest absolute Gasteiger partial charge is 0.122 e. The van der Waals surface area contributed by atoms with E-state index in [1.807, 2.05) is 43.3 Å². The van der Waals surface area contributed by atoms with Gasteiger partial charge in [0.2, 0.25) is 0 Å². The first-order chi connectivity index (χ1) is 21.6. The SMILES string of the molecule is C=C(C)c1cc2c(O)c(c1)Cc1cc(C(C)(C)C)cc(c1O)Cc1cc(C(C)(C)C)cc(c1O)Cc1cc(C(C)(C)C)cc(c1O)C2. The molecular formula is C43H52O4. The van der Waals surface area contributed by atoms with E-state index < -0.39 is 0 Å². The third kappa shape index (κ3) is 6.93. The van der Waals surface area contributed by atoms with E-state index >= 15 is 0 Å². The highest BCUT2D eigenvalue weighted by atomic mass is 16.3. The van der Waals surface area contributed by atoms with Gasteiger partial charge in [0, 0.05) is 25.7 Å². The molecule has 8 bridgehead atoms. The number of allylic oxidation sites excluding steroid dienone is 1. The number of rotatable bonds is 1. The molecular weight excluding hydrogens is 580 g/mol.